The SMILES string of the molecule is CC(C)CSCC(C(=O)O)c1ccccc1. The van der Waals surface area contributed by atoms with E-state index in [1.165, 1.54) is 0 Å². The van der Waals surface area contributed by atoms with Gasteiger partial charge in [0, 0.05) is 5.75 Å². The van der Waals surface area contributed by atoms with Crippen LogP contribution in [-0.4, -0.2) is 22.6 Å². The smallest absolute Gasteiger partial charge is 0.311 e. The third-order valence-corrected chi connectivity index (χ3v) is 3.71. The minimum absolute atomic E-state index is 0.384. The molecule has 0 heterocycles. The molecule has 1 aromatic carbocycles. The number of carboxylic acids is 1. The van der Waals surface area contributed by atoms with E-state index in [-0.39, 0.29) is 5.92 Å². The van der Waals surface area contributed by atoms with Crippen molar-refractivity contribution in [3.05, 3.63) is 35.9 Å². The normalized spacial score (nSPS) is 12.7. The summed E-state index contributed by atoms with van der Waals surface area (Å²) in [5.74, 6) is 1.15. The molecule has 1 atom stereocenters. The number of hydrogen-bond donors (Lipinski definition) is 1. The van der Waals surface area contributed by atoms with Gasteiger partial charge in [-0.3, -0.25) is 4.79 Å². The van der Waals surface area contributed by atoms with Gasteiger partial charge in [-0.05, 0) is 17.2 Å². The van der Waals surface area contributed by atoms with E-state index in [0.29, 0.717) is 11.7 Å². The summed E-state index contributed by atoms with van der Waals surface area (Å²) in [6.45, 7) is 4.29. The highest BCUT2D eigenvalue weighted by atomic mass is 32.2. The minimum atomic E-state index is -0.734. The first-order valence-electron chi connectivity index (χ1n) is 5.46. The highest BCUT2D eigenvalue weighted by Crippen LogP contribution is 2.22. The first kappa shape index (κ1) is 13.1. The van der Waals surface area contributed by atoms with Crippen molar-refractivity contribution in [1.29, 1.82) is 0 Å². The molecule has 0 bridgehead atoms. The summed E-state index contributed by atoms with van der Waals surface area (Å²) in [6, 6.07) is 9.45. The van der Waals surface area contributed by atoms with Crippen molar-refractivity contribution in [3.8, 4) is 0 Å². The molecular formula is C13H18O2S. The van der Waals surface area contributed by atoms with Gasteiger partial charge in [0.05, 0.1) is 5.92 Å². The average Bonchev–Trinajstić information content (AvgIpc) is 2.25. The van der Waals surface area contributed by atoms with Crippen LogP contribution in [0.15, 0.2) is 30.3 Å². The van der Waals surface area contributed by atoms with Gasteiger partial charge in [-0.25, -0.2) is 0 Å². The molecule has 0 aliphatic carbocycles. The van der Waals surface area contributed by atoms with Gasteiger partial charge >= 0.3 is 5.97 Å². The molecule has 0 aliphatic heterocycles. The second-order valence-corrected chi connectivity index (χ2v) is 5.31. The standard InChI is InChI=1S/C13H18O2S/c1-10(2)8-16-9-12(13(14)15)11-6-4-3-5-7-11/h3-7,10,12H,8-9H2,1-2H3,(H,14,15). The molecule has 0 fully saturated rings. The van der Waals surface area contributed by atoms with E-state index in [1.807, 2.05) is 30.3 Å². The van der Waals surface area contributed by atoms with Crippen LogP contribution in [0.4, 0.5) is 0 Å². The maximum atomic E-state index is 11.2. The van der Waals surface area contributed by atoms with Crippen LogP contribution in [0.5, 0.6) is 0 Å². The van der Waals surface area contributed by atoms with E-state index in [4.69, 9.17) is 0 Å². The lowest BCUT2D eigenvalue weighted by molar-refractivity contribution is -0.138. The Labute approximate surface area is 101 Å². The highest BCUT2D eigenvalue weighted by Gasteiger charge is 2.19. The molecule has 1 aromatic rings. The predicted molar refractivity (Wildman–Crippen MR) is 69.0 cm³/mol. The van der Waals surface area contributed by atoms with Crippen molar-refractivity contribution in [1.82, 2.24) is 0 Å². The average molecular weight is 238 g/mol. The first-order valence-corrected chi connectivity index (χ1v) is 6.62. The number of rotatable bonds is 6. The molecule has 0 radical (unpaired) electrons. The van der Waals surface area contributed by atoms with Crippen molar-refractivity contribution >= 4 is 17.7 Å². The van der Waals surface area contributed by atoms with E-state index < -0.39 is 5.97 Å². The van der Waals surface area contributed by atoms with Gasteiger partial charge in [-0.2, -0.15) is 11.8 Å². The lowest BCUT2D eigenvalue weighted by atomic mass is 10.0. The van der Waals surface area contributed by atoms with Crippen molar-refractivity contribution in [2.75, 3.05) is 11.5 Å². The number of carboxylic acid groups (broad SMARTS) is 1. The van der Waals surface area contributed by atoms with Crippen LogP contribution in [0.3, 0.4) is 0 Å². The van der Waals surface area contributed by atoms with Gasteiger partial charge in [0.25, 0.3) is 0 Å². The number of aliphatic carboxylic acids is 1. The lowest BCUT2D eigenvalue weighted by Crippen LogP contribution is -2.14. The zero-order chi connectivity index (χ0) is 12.0. The summed E-state index contributed by atoms with van der Waals surface area (Å²) < 4.78 is 0. The summed E-state index contributed by atoms with van der Waals surface area (Å²) in [5.41, 5.74) is 0.895. The third kappa shape index (κ3) is 4.27. The molecule has 0 aliphatic rings. The second-order valence-electron chi connectivity index (χ2n) is 4.23. The van der Waals surface area contributed by atoms with Gasteiger partial charge in [0.1, 0.15) is 0 Å². The van der Waals surface area contributed by atoms with Gasteiger partial charge in [0.15, 0.2) is 0 Å². The Kier molecular flexibility index (Phi) is 5.39. The van der Waals surface area contributed by atoms with Crippen LogP contribution < -0.4 is 0 Å². The van der Waals surface area contributed by atoms with E-state index in [1.54, 1.807) is 11.8 Å². The molecule has 3 heteroatoms. The van der Waals surface area contributed by atoms with Crippen molar-refractivity contribution in [2.24, 2.45) is 5.92 Å². The Morgan fingerprint density at radius 2 is 1.88 bits per heavy atom. The molecule has 0 saturated heterocycles. The Morgan fingerprint density at radius 1 is 1.25 bits per heavy atom. The summed E-state index contributed by atoms with van der Waals surface area (Å²) in [6.07, 6.45) is 0. The second kappa shape index (κ2) is 6.59. The molecule has 0 aromatic heterocycles. The molecule has 0 amide bonds. The number of hydrogen-bond acceptors (Lipinski definition) is 2. The fourth-order valence-electron chi connectivity index (χ4n) is 1.42. The zero-order valence-electron chi connectivity index (χ0n) is 9.72. The van der Waals surface area contributed by atoms with E-state index in [9.17, 15) is 9.90 Å². The fourth-order valence-corrected chi connectivity index (χ4v) is 2.60. The van der Waals surface area contributed by atoms with Gasteiger partial charge in [0.2, 0.25) is 0 Å². The number of carbonyl (C=O) groups is 1. The molecule has 88 valence electrons. The van der Waals surface area contributed by atoms with Crippen LogP contribution >= 0.6 is 11.8 Å². The largest absolute Gasteiger partial charge is 0.481 e. The predicted octanol–water partition coefficient (Wildman–Crippen LogP) is 3.24. The third-order valence-electron chi connectivity index (χ3n) is 2.24. The highest BCUT2D eigenvalue weighted by molar-refractivity contribution is 7.99. The van der Waals surface area contributed by atoms with E-state index >= 15 is 0 Å². The molecule has 1 unspecified atom stereocenters. The number of thioether (sulfide) groups is 1. The minimum Gasteiger partial charge on any atom is -0.481 e. The Morgan fingerprint density at radius 3 is 2.38 bits per heavy atom. The summed E-state index contributed by atoms with van der Waals surface area (Å²) in [5, 5.41) is 9.18. The van der Waals surface area contributed by atoms with Gasteiger partial charge < -0.3 is 5.11 Å². The van der Waals surface area contributed by atoms with Crippen LogP contribution in [0.25, 0.3) is 0 Å². The van der Waals surface area contributed by atoms with Crippen molar-refractivity contribution in [3.63, 3.8) is 0 Å². The summed E-state index contributed by atoms with van der Waals surface area (Å²) in [4.78, 5) is 11.2. The first-order chi connectivity index (χ1) is 7.61. The monoisotopic (exact) mass is 238 g/mol. The van der Waals surface area contributed by atoms with Gasteiger partial charge in [-0.1, -0.05) is 44.2 Å². The Bertz CT molecular complexity index is 322. The maximum absolute atomic E-state index is 11.2. The molecule has 1 N–H and O–H groups in total. The summed E-state index contributed by atoms with van der Waals surface area (Å²) >= 11 is 1.71. The van der Waals surface area contributed by atoms with Crippen LogP contribution in [0.2, 0.25) is 0 Å². The van der Waals surface area contributed by atoms with Gasteiger partial charge in [-0.15, -0.1) is 0 Å². The zero-order valence-corrected chi connectivity index (χ0v) is 10.5. The van der Waals surface area contributed by atoms with Crippen molar-refractivity contribution < 1.29 is 9.90 Å². The lowest BCUT2D eigenvalue weighted by Gasteiger charge is -2.13. The van der Waals surface area contributed by atoms with Crippen LogP contribution in [0, 0.1) is 5.92 Å². The molecule has 1 rings (SSSR count). The van der Waals surface area contributed by atoms with E-state index in [0.717, 1.165) is 11.3 Å². The molecular weight excluding hydrogens is 220 g/mol. The molecule has 0 saturated carbocycles. The number of benzene rings is 1. The van der Waals surface area contributed by atoms with Crippen LogP contribution in [-0.2, 0) is 4.79 Å². The Balaban J connectivity index is 2.59. The molecule has 16 heavy (non-hydrogen) atoms. The topological polar surface area (TPSA) is 37.3 Å². The Hall–Kier alpha value is -0.960. The summed E-state index contributed by atoms with van der Waals surface area (Å²) in [7, 11) is 0. The van der Waals surface area contributed by atoms with Crippen LogP contribution in [0.1, 0.15) is 25.3 Å². The maximum Gasteiger partial charge on any atom is 0.311 e. The van der Waals surface area contributed by atoms with E-state index in [2.05, 4.69) is 13.8 Å². The van der Waals surface area contributed by atoms with Crippen molar-refractivity contribution in [2.45, 2.75) is 19.8 Å². The quantitative estimate of drug-likeness (QED) is 0.826. The fraction of sp³-hybridized carbons (Fsp3) is 0.462. The molecule has 0 spiro atoms. The molecule has 2 nitrogen and oxygen atoms in total.